The fourth-order valence-corrected chi connectivity index (χ4v) is 1.46. The molecule has 0 saturated heterocycles. The van der Waals surface area contributed by atoms with E-state index in [-0.39, 0.29) is 12.1 Å². The predicted octanol–water partition coefficient (Wildman–Crippen LogP) is 0.754. The average Bonchev–Trinajstić information content (AvgIpc) is 2.82. The minimum atomic E-state index is -0.524. The van der Waals surface area contributed by atoms with Crippen LogP contribution >= 0.6 is 0 Å². The second-order valence-corrected chi connectivity index (χ2v) is 3.75. The molecule has 3 N–H and O–H groups in total. The van der Waals surface area contributed by atoms with Crippen LogP contribution in [0.4, 0.5) is 11.5 Å². The lowest BCUT2D eigenvalue weighted by Gasteiger charge is -2.08. The van der Waals surface area contributed by atoms with E-state index in [0.29, 0.717) is 23.2 Å². The maximum absolute atomic E-state index is 11.6. The second kappa shape index (κ2) is 5.34. The summed E-state index contributed by atoms with van der Waals surface area (Å²) in [4.78, 5) is 19.7. The Labute approximate surface area is 109 Å². The van der Waals surface area contributed by atoms with Gasteiger partial charge >= 0.3 is 5.97 Å². The zero-order chi connectivity index (χ0) is 13.8. The Morgan fingerprint density at radius 1 is 1.58 bits per heavy atom. The molecule has 0 fully saturated rings. The Kier molecular flexibility index (Phi) is 3.60. The van der Waals surface area contributed by atoms with Crippen LogP contribution in [0.3, 0.4) is 0 Å². The van der Waals surface area contributed by atoms with Gasteiger partial charge in [-0.2, -0.15) is 4.98 Å². The van der Waals surface area contributed by atoms with Crippen molar-refractivity contribution < 1.29 is 14.1 Å². The second-order valence-electron chi connectivity index (χ2n) is 3.75. The largest absolute Gasteiger partial charge is 0.465 e. The molecule has 8 heteroatoms. The Balaban J connectivity index is 2.17. The number of esters is 1. The number of carbonyl (C=O) groups is 1. The molecule has 0 aromatic carbocycles. The van der Waals surface area contributed by atoms with Crippen molar-refractivity contribution >= 4 is 17.5 Å². The SMILES string of the molecule is COC(=O)c1cc(N)cnc1NCc1nc(C)no1. The molecule has 8 nitrogen and oxygen atoms in total. The van der Waals surface area contributed by atoms with Crippen molar-refractivity contribution in [3.63, 3.8) is 0 Å². The van der Waals surface area contributed by atoms with Gasteiger partial charge < -0.3 is 20.3 Å². The topological polar surface area (TPSA) is 116 Å². The number of carbonyl (C=O) groups excluding carboxylic acids is 1. The summed E-state index contributed by atoms with van der Waals surface area (Å²) in [5, 5.41) is 6.58. The first-order chi connectivity index (χ1) is 9.10. The summed E-state index contributed by atoms with van der Waals surface area (Å²) in [6, 6.07) is 1.49. The van der Waals surface area contributed by atoms with Gasteiger partial charge in [0.05, 0.1) is 25.5 Å². The van der Waals surface area contributed by atoms with Gasteiger partial charge in [0.15, 0.2) is 5.82 Å². The number of aromatic nitrogens is 3. The summed E-state index contributed by atoms with van der Waals surface area (Å²) < 4.78 is 9.61. The smallest absolute Gasteiger partial charge is 0.341 e. The van der Waals surface area contributed by atoms with Crippen molar-refractivity contribution in [2.45, 2.75) is 13.5 Å². The molecule has 0 aliphatic carbocycles. The number of anilines is 2. The van der Waals surface area contributed by atoms with E-state index in [1.807, 2.05) is 0 Å². The number of aryl methyl sites for hydroxylation is 1. The van der Waals surface area contributed by atoms with Gasteiger partial charge in [0.1, 0.15) is 11.4 Å². The Morgan fingerprint density at radius 3 is 3.00 bits per heavy atom. The first kappa shape index (κ1) is 12.8. The van der Waals surface area contributed by atoms with Gasteiger partial charge in [-0.25, -0.2) is 9.78 Å². The maximum atomic E-state index is 11.6. The number of hydrogen-bond acceptors (Lipinski definition) is 8. The molecule has 0 unspecified atom stereocenters. The van der Waals surface area contributed by atoms with Crippen LogP contribution < -0.4 is 11.1 Å². The molecule has 2 aromatic rings. The maximum Gasteiger partial charge on any atom is 0.341 e. The Bertz CT molecular complexity index is 596. The molecule has 2 heterocycles. The van der Waals surface area contributed by atoms with E-state index < -0.39 is 5.97 Å². The van der Waals surface area contributed by atoms with Gasteiger partial charge in [-0.1, -0.05) is 5.16 Å². The number of hydrogen-bond donors (Lipinski definition) is 2. The zero-order valence-corrected chi connectivity index (χ0v) is 10.5. The first-order valence-corrected chi connectivity index (χ1v) is 5.47. The summed E-state index contributed by atoms with van der Waals surface area (Å²) in [6.07, 6.45) is 1.44. The lowest BCUT2D eigenvalue weighted by atomic mass is 10.2. The summed E-state index contributed by atoms with van der Waals surface area (Å²) in [7, 11) is 1.29. The van der Waals surface area contributed by atoms with Gasteiger partial charge in [0, 0.05) is 0 Å². The number of methoxy groups -OCH3 is 1. The molecule has 0 spiro atoms. The lowest BCUT2D eigenvalue weighted by Crippen LogP contribution is -2.11. The highest BCUT2D eigenvalue weighted by Crippen LogP contribution is 2.17. The van der Waals surface area contributed by atoms with Crippen LogP contribution in [-0.4, -0.2) is 28.2 Å². The number of pyridine rings is 1. The van der Waals surface area contributed by atoms with Gasteiger partial charge in [-0.05, 0) is 13.0 Å². The lowest BCUT2D eigenvalue weighted by molar-refractivity contribution is 0.0601. The molecule has 0 saturated carbocycles. The van der Waals surface area contributed by atoms with Gasteiger partial charge in [-0.15, -0.1) is 0 Å². The fourth-order valence-electron chi connectivity index (χ4n) is 1.46. The summed E-state index contributed by atoms with van der Waals surface area (Å²) >= 11 is 0. The molecule has 0 aliphatic rings. The highest BCUT2D eigenvalue weighted by atomic mass is 16.5. The number of rotatable bonds is 4. The summed E-state index contributed by atoms with van der Waals surface area (Å²) in [5.74, 6) is 0.753. The number of nitrogens with zero attached hydrogens (tertiary/aromatic N) is 3. The molecule has 0 atom stereocenters. The average molecular weight is 263 g/mol. The van der Waals surface area contributed by atoms with Gasteiger partial charge in [0.2, 0.25) is 5.89 Å². The van der Waals surface area contributed by atoms with Crippen molar-refractivity contribution in [3.8, 4) is 0 Å². The number of nitrogens with two attached hydrogens (primary N) is 1. The standard InChI is InChI=1S/C11H13N5O3/c1-6-15-9(19-16-6)5-14-10-8(11(17)18-2)3-7(12)4-13-10/h3-4H,5,12H2,1-2H3,(H,13,14). The monoisotopic (exact) mass is 263 g/mol. The molecular weight excluding hydrogens is 250 g/mol. The number of ether oxygens (including phenoxy) is 1. The normalized spacial score (nSPS) is 10.2. The predicted molar refractivity (Wildman–Crippen MR) is 66.4 cm³/mol. The van der Waals surface area contributed by atoms with E-state index >= 15 is 0 Å². The van der Waals surface area contributed by atoms with E-state index in [0.717, 1.165) is 0 Å². The van der Waals surface area contributed by atoms with Crippen LogP contribution in [0.15, 0.2) is 16.8 Å². The zero-order valence-electron chi connectivity index (χ0n) is 10.5. The van der Waals surface area contributed by atoms with E-state index in [2.05, 4.69) is 25.2 Å². The Morgan fingerprint density at radius 2 is 2.37 bits per heavy atom. The van der Waals surface area contributed by atoms with Crippen LogP contribution in [0.2, 0.25) is 0 Å². The van der Waals surface area contributed by atoms with E-state index in [9.17, 15) is 4.79 Å². The molecule has 2 rings (SSSR count). The first-order valence-electron chi connectivity index (χ1n) is 5.47. The molecular formula is C11H13N5O3. The molecule has 0 bridgehead atoms. The summed E-state index contributed by atoms with van der Waals surface area (Å²) in [5.41, 5.74) is 6.22. The van der Waals surface area contributed by atoms with E-state index in [1.165, 1.54) is 19.4 Å². The highest BCUT2D eigenvalue weighted by Gasteiger charge is 2.14. The third-order valence-electron chi connectivity index (χ3n) is 2.29. The van der Waals surface area contributed by atoms with E-state index in [1.54, 1.807) is 6.92 Å². The van der Waals surface area contributed by atoms with Crippen molar-refractivity contribution in [1.29, 1.82) is 0 Å². The van der Waals surface area contributed by atoms with Gasteiger partial charge in [0.25, 0.3) is 0 Å². The summed E-state index contributed by atoms with van der Waals surface area (Å²) in [6.45, 7) is 1.97. The molecule has 2 aromatic heterocycles. The Hall–Kier alpha value is -2.64. The van der Waals surface area contributed by atoms with Crippen LogP contribution in [0.1, 0.15) is 22.1 Å². The molecule has 19 heavy (non-hydrogen) atoms. The molecule has 0 aliphatic heterocycles. The van der Waals surface area contributed by atoms with Crippen molar-refractivity contribution in [3.05, 3.63) is 29.5 Å². The molecule has 0 radical (unpaired) electrons. The fraction of sp³-hybridized carbons (Fsp3) is 0.273. The molecule has 0 amide bonds. The van der Waals surface area contributed by atoms with Crippen molar-refractivity contribution in [2.75, 3.05) is 18.2 Å². The quantitative estimate of drug-likeness (QED) is 0.776. The van der Waals surface area contributed by atoms with Gasteiger partial charge in [-0.3, -0.25) is 0 Å². The molecule has 100 valence electrons. The highest BCUT2D eigenvalue weighted by molar-refractivity contribution is 5.95. The minimum absolute atomic E-state index is 0.249. The van der Waals surface area contributed by atoms with Crippen LogP contribution in [-0.2, 0) is 11.3 Å². The minimum Gasteiger partial charge on any atom is -0.465 e. The number of nitrogen functional groups attached to an aromatic ring is 1. The number of nitrogens with one attached hydrogen (secondary N) is 1. The van der Waals surface area contributed by atoms with Crippen LogP contribution in [0.25, 0.3) is 0 Å². The van der Waals surface area contributed by atoms with Crippen molar-refractivity contribution in [1.82, 2.24) is 15.1 Å². The third kappa shape index (κ3) is 2.97. The van der Waals surface area contributed by atoms with E-state index in [4.69, 9.17) is 10.3 Å². The van der Waals surface area contributed by atoms with Crippen LogP contribution in [0, 0.1) is 6.92 Å². The third-order valence-corrected chi connectivity index (χ3v) is 2.29. The van der Waals surface area contributed by atoms with Crippen LogP contribution in [0.5, 0.6) is 0 Å². The van der Waals surface area contributed by atoms with Crippen molar-refractivity contribution in [2.24, 2.45) is 0 Å².